The van der Waals surface area contributed by atoms with E-state index in [1.165, 1.54) is 6.42 Å². The zero-order chi connectivity index (χ0) is 26.8. The summed E-state index contributed by atoms with van der Waals surface area (Å²) >= 11 is 0. The van der Waals surface area contributed by atoms with Gasteiger partial charge in [0, 0.05) is 12.0 Å². The maximum Gasteiger partial charge on any atom is 0.243 e. The van der Waals surface area contributed by atoms with Gasteiger partial charge in [-0.05, 0) is 82.3 Å². The molecule has 2 amide bonds. The fourth-order valence-electron chi connectivity index (χ4n) is 4.73. The standard InChI is InChI=1S/C31H45N3O3/c1-23(2)20-28(34-18-10-7-11-19-34)30(36)32-27(29(35)33-31(3,4)5)21-24-14-16-26(17-15-24)37-22-25-12-8-6-9-13-25/h6,8-9,12-17,23,27-28H,7,10-11,18-22H2,1-5H3,(H,32,36)(H,33,35)/t27-,28-/m0/s1. The highest BCUT2D eigenvalue weighted by Crippen LogP contribution is 2.19. The molecule has 2 aromatic rings. The smallest absolute Gasteiger partial charge is 0.243 e. The zero-order valence-corrected chi connectivity index (χ0v) is 23.3. The summed E-state index contributed by atoms with van der Waals surface area (Å²) in [5.41, 5.74) is 1.69. The highest BCUT2D eigenvalue weighted by Gasteiger charge is 2.32. The number of nitrogens with zero attached hydrogens (tertiary/aromatic N) is 1. The molecule has 2 aromatic carbocycles. The third-order valence-electron chi connectivity index (χ3n) is 6.57. The van der Waals surface area contributed by atoms with Crippen LogP contribution in [0.3, 0.4) is 0 Å². The fourth-order valence-corrected chi connectivity index (χ4v) is 4.73. The Labute approximate surface area is 223 Å². The molecule has 1 saturated heterocycles. The third kappa shape index (κ3) is 9.84. The highest BCUT2D eigenvalue weighted by atomic mass is 16.5. The SMILES string of the molecule is CC(C)C[C@@H](C(=O)N[C@@H](Cc1ccc(OCc2ccccc2)cc1)C(=O)NC(C)(C)C)N1CCCCC1. The lowest BCUT2D eigenvalue weighted by atomic mass is 9.97. The summed E-state index contributed by atoms with van der Waals surface area (Å²) < 4.78 is 5.91. The van der Waals surface area contributed by atoms with Crippen LogP contribution >= 0.6 is 0 Å². The molecule has 0 radical (unpaired) electrons. The molecule has 0 spiro atoms. The van der Waals surface area contributed by atoms with E-state index in [1.807, 2.05) is 75.4 Å². The summed E-state index contributed by atoms with van der Waals surface area (Å²) in [5.74, 6) is 0.956. The van der Waals surface area contributed by atoms with Crippen molar-refractivity contribution in [3.05, 3.63) is 65.7 Å². The van der Waals surface area contributed by atoms with E-state index in [4.69, 9.17) is 4.74 Å². The van der Waals surface area contributed by atoms with Crippen molar-refractivity contribution in [2.75, 3.05) is 13.1 Å². The number of nitrogens with one attached hydrogen (secondary N) is 2. The van der Waals surface area contributed by atoms with Gasteiger partial charge in [-0.15, -0.1) is 0 Å². The molecule has 37 heavy (non-hydrogen) atoms. The van der Waals surface area contributed by atoms with Crippen molar-refractivity contribution >= 4 is 11.8 Å². The highest BCUT2D eigenvalue weighted by molar-refractivity contribution is 5.90. The van der Waals surface area contributed by atoms with Gasteiger partial charge in [0.1, 0.15) is 18.4 Å². The van der Waals surface area contributed by atoms with Crippen molar-refractivity contribution < 1.29 is 14.3 Å². The largest absolute Gasteiger partial charge is 0.489 e. The van der Waals surface area contributed by atoms with Crippen LogP contribution in [0.2, 0.25) is 0 Å². The lowest BCUT2D eigenvalue weighted by Gasteiger charge is -2.35. The van der Waals surface area contributed by atoms with E-state index < -0.39 is 6.04 Å². The Bertz CT molecular complexity index is 977. The monoisotopic (exact) mass is 507 g/mol. The molecule has 0 unspecified atom stereocenters. The minimum Gasteiger partial charge on any atom is -0.489 e. The Hall–Kier alpha value is -2.86. The van der Waals surface area contributed by atoms with E-state index in [2.05, 4.69) is 29.4 Å². The molecule has 1 aliphatic heterocycles. The molecule has 0 aliphatic carbocycles. The lowest BCUT2D eigenvalue weighted by molar-refractivity contribution is -0.133. The van der Waals surface area contributed by atoms with E-state index in [9.17, 15) is 9.59 Å². The first-order chi connectivity index (χ1) is 17.6. The number of carbonyl (C=O) groups excluding carboxylic acids is 2. The molecule has 2 N–H and O–H groups in total. The first-order valence-electron chi connectivity index (χ1n) is 13.7. The molecule has 6 heteroatoms. The van der Waals surface area contributed by atoms with Gasteiger partial charge in [0.25, 0.3) is 0 Å². The van der Waals surface area contributed by atoms with Gasteiger partial charge in [-0.25, -0.2) is 0 Å². The Morgan fingerprint density at radius 1 is 0.892 bits per heavy atom. The number of ether oxygens (including phenoxy) is 1. The number of likely N-dealkylation sites (tertiary alicyclic amines) is 1. The summed E-state index contributed by atoms with van der Waals surface area (Å²) in [7, 11) is 0. The van der Waals surface area contributed by atoms with Crippen molar-refractivity contribution in [2.45, 2.75) is 91.0 Å². The predicted molar refractivity (Wildman–Crippen MR) is 149 cm³/mol. The molecular formula is C31H45N3O3. The molecule has 1 fully saturated rings. The Balaban J connectivity index is 1.70. The summed E-state index contributed by atoms with van der Waals surface area (Å²) in [6.07, 6.45) is 4.66. The van der Waals surface area contributed by atoms with Crippen molar-refractivity contribution in [3.63, 3.8) is 0 Å². The number of amides is 2. The summed E-state index contributed by atoms with van der Waals surface area (Å²) in [4.78, 5) is 29.2. The number of piperidine rings is 1. The van der Waals surface area contributed by atoms with Gasteiger partial charge in [0.15, 0.2) is 0 Å². The lowest BCUT2D eigenvalue weighted by Crippen LogP contribution is -2.57. The number of carbonyl (C=O) groups is 2. The van der Waals surface area contributed by atoms with Crippen LogP contribution in [-0.2, 0) is 22.6 Å². The third-order valence-corrected chi connectivity index (χ3v) is 6.57. The van der Waals surface area contributed by atoms with E-state index >= 15 is 0 Å². The van der Waals surface area contributed by atoms with Crippen LogP contribution in [0.25, 0.3) is 0 Å². The first kappa shape index (κ1) is 28.7. The summed E-state index contributed by atoms with van der Waals surface area (Å²) in [6, 6.07) is 17.0. The molecule has 0 saturated carbocycles. The molecule has 202 valence electrons. The molecule has 2 atom stereocenters. The van der Waals surface area contributed by atoms with Crippen molar-refractivity contribution in [3.8, 4) is 5.75 Å². The van der Waals surface area contributed by atoms with E-state index in [1.54, 1.807) is 0 Å². The van der Waals surface area contributed by atoms with Crippen LogP contribution in [0.15, 0.2) is 54.6 Å². The molecule has 3 rings (SSSR count). The quantitative estimate of drug-likeness (QED) is 0.444. The van der Waals surface area contributed by atoms with Gasteiger partial charge < -0.3 is 15.4 Å². The fraction of sp³-hybridized carbons (Fsp3) is 0.548. The first-order valence-corrected chi connectivity index (χ1v) is 13.7. The molecule has 0 aromatic heterocycles. The maximum atomic E-state index is 13.6. The van der Waals surface area contributed by atoms with E-state index in [0.717, 1.165) is 49.2 Å². The average molecular weight is 508 g/mol. The van der Waals surface area contributed by atoms with Gasteiger partial charge in [0.05, 0.1) is 6.04 Å². The second-order valence-electron chi connectivity index (χ2n) is 11.7. The minimum absolute atomic E-state index is 0.0486. The van der Waals surface area contributed by atoms with Crippen LogP contribution in [0.5, 0.6) is 5.75 Å². The normalized spacial score (nSPS) is 16.2. The van der Waals surface area contributed by atoms with Crippen LogP contribution in [-0.4, -0.2) is 47.4 Å². The van der Waals surface area contributed by atoms with Gasteiger partial charge in [-0.3, -0.25) is 14.5 Å². The number of hydrogen-bond donors (Lipinski definition) is 2. The maximum absolute atomic E-state index is 13.6. The molecule has 0 bridgehead atoms. The van der Waals surface area contributed by atoms with Gasteiger partial charge >= 0.3 is 0 Å². The molecule has 1 heterocycles. The number of rotatable bonds is 11. The Morgan fingerprint density at radius 3 is 2.14 bits per heavy atom. The van der Waals surface area contributed by atoms with Gasteiger partial charge in [0.2, 0.25) is 11.8 Å². The van der Waals surface area contributed by atoms with Crippen LogP contribution in [0, 0.1) is 5.92 Å². The van der Waals surface area contributed by atoms with Gasteiger partial charge in [-0.2, -0.15) is 0 Å². The van der Waals surface area contributed by atoms with Crippen molar-refractivity contribution in [1.82, 2.24) is 15.5 Å². The number of hydrogen-bond acceptors (Lipinski definition) is 4. The summed E-state index contributed by atoms with van der Waals surface area (Å²) in [5, 5.41) is 6.19. The van der Waals surface area contributed by atoms with Crippen molar-refractivity contribution in [1.29, 1.82) is 0 Å². The Kier molecular flexibility index (Phi) is 10.6. The average Bonchev–Trinajstić information content (AvgIpc) is 2.86. The van der Waals surface area contributed by atoms with Crippen molar-refractivity contribution in [2.24, 2.45) is 5.92 Å². The second-order valence-corrected chi connectivity index (χ2v) is 11.7. The van der Waals surface area contributed by atoms with E-state index in [-0.39, 0.29) is 23.4 Å². The Morgan fingerprint density at radius 2 is 1.54 bits per heavy atom. The predicted octanol–water partition coefficient (Wildman–Crippen LogP) is 5.11. The van der Waals surface area contributed by atoms with Gasteiger partial charge in [-0.1, -0.05) is 62.7 Å². The molecule has 6 nitrogen and oxygen atoms in total. The topological polar surface area (TPSA) is 70.7 Å². The summed E-state index contributed by atoms with van der Waals surface area (Å²) in [6.45, 7) is 12.5. The zero-order valence-electron chi connectivity index (χ0n) is 23.3. The number of benzene rings is 2. The molecule has 1 aliphatic rings. The minimum atomic E-state index is -0.651. The van der Waals surface area contributed by atoms with Crippen LogP contribution < -0.4 is 15.4 Å². The second kappa shape index (κ2) is 13.6. The van der Waals surface area contributed by atoms with Crippen LogP contribution in [0.1, 0.15) is 71.4 Å². The molecular weight excluding hydrogens is 462 g/mol. The van der Waals surface area contributed by atoms with E-state index in [0.29, 0.717) is 18.9 Å². The van der Waals surface area contributed by atoms with Crippen LogP contribution in [0.4, 0.5) is 0 Å².